The number of aliphatic imine (C=N–C) groups is 1. The van der Waals surface area contributed by atoms with Crippen LogP contribution in [0.25, 0.3) is 0 Å². The molecule has 1 aliphatic heterocycles. The van der Waals surface area contributed by atoms with Gasteiger partial charge in [0.05, 0.1) is 11.6 Å². The van der Waals surface area contributed by atoms with E-state index in [9.17, 15) is 36.2 Å². The van der Waals surface area contributed by atoms with E-state index in [1.807, 2.05) is 0 Å². The molecule has 0 aliphatic carbocycles. The predicted octanol–water partition coefficient (Wildman–Crippen LogP) is 1.98. The molecule has 0 radical (unpaired) electrons. The van der Waals surface area contributed by atoms with Gasteiger partial charge < -0.3 is 21.5 Å². The molecule has 3 rings (SSSR count). The Labute approximate surface area is 207 Å². The number of rotatable bonds is 7. The number of anilines is 1. The number of hydrogen-bond donors (Lipinski definition) is 7. The molecule has 0 spiro atoms. The van der Waals surface area contributed by atoms with Crippen molar-refractivity contribution in [3.63, 3.8) is 0 Å². The van der Waals surface area contributed by atoms with E-state index in [0.29, 0.717) is 11.6 Å². The summed E-state index contributed by atoms with van der Waals surface area (Å²) in [6.45, 7) is -0.428. The molecule has 0 aromatic heterocycles. The molecule has 1 saturated heterocycles. The van der Waals surface area contributed by atoms with Gasteiger partial charge in [0.15, 0.2) is 11.6 Å². The normalized spacial score (nSPS) is 19.9. The van der Waals surface area contributed by atoms with Crippen molar-refractivity contribution in [2.24, 2.45) is 16.6 Å². The van der Waals surface area contributed by atoms with E-state index in [2.05, 4.69) is 31.8 Å². The standard InChI is InChI=1S/C22H25F6N7O2/c1-30-9-12(19(29)22(26,27)28)20(37)33-21(31-15-4-3-11(23)7-13(15)24)32-18-8-16(34-35-18)10-2-5-17(36)14(25)6-10/h2-7,12,16,18-19,30,34-36H,8-9,29H2,1H3,(H2,31,32,33,37). The number of guanidine groups is 1. The smallest absolute Gasteiger partial charge is 0.404 e. The Morgan fingerprint density at radius 2 is 1.89 bits per heavy atom. The van der Waals surface area contributed by atoms with Crippen LogP contribution < -0.4 is 32.5 Å². The van der Waals surface area contributed by atoms with Crippen LogP contribution in [0.2, 0.25) is 0 Å². The van der Waals surface area contributed by atoms with Gasteiger partial charge in [-0.2, -0.15) is 13.2 Å². The lowest BCUT2D eigenvalue weighted by Crippen LogP contribution is -2.54. The van der Waals surface area contributed by atoms with E-state index < -0.39 is 72.0 Å². The van der Waals surface area contributed by atoms with E-state index in [1.54, 1.807) is 0 Å². The molecule has 2 aromatic rings. The number of benzene rings is 2. The summed E-state index contributed by atoms with van der Waals surface area (Å²) >= 11 is 0. The van der Waals surface area contributed by atoms with E-state index >= 15 is 0 Å². The first kappa shape index (κ1) is 28.2. The van der Waals surface area contributed by atoms with Crippen LogP contribution in [0.1, 0.15) is 18.0 Å². The zero-order valence-corrected chi connectivity index (χ0v) is 19.3. The molecular weight excluding hydrogens is 508 g/mol. The molecule has 2 aromatic carbocycles. The van der Waals surface area contributed by atoms with Crippen LogP contribution >= 0.6 is 0 Å². The first-order chi connectivity index (χ1) is 17.4. The van der Waals surface area contributed by atoms with Crippen LogP contribution in [0.3, 0.4) is 0 Å². The topological polar surface area (TPSA) is 136 Å². The van der Waals surface area contributed by atoms with Gasteiger partial charge in [0.1, 0.15) is 23.8 Å². The van der Waals surface area contributed by atoms with Crippen LogP contribution in [0.5, 0.6) is 5.75 Å². The lowest BCUT2D eigenvalue weighted by Gasteiger charge is -2.25. The van der Waals surface area contributed by atoms with Gasteiger partial charge in [-0.3, -0.25) is 10.1 Å². The fourth-order valence-electron chi connectivity index (χ4n) is 3.59. The zero-order chi connectivity index (χ0) is 27.3. The maximum atomic E-state index is 14.2. The van der Waals surface area contributed by atoms with E-state index in [-0.39, 0.29) is 12.1 Å². The Kier molecular flexibility index (Phi) is 8.96. The Balaban J connectivity index is 1.85. The van der Waals surface area contributed by atoms with Crippen molar-refractivity contribution in [3.05, 3.63) is 59.4 Å². The molecule has 37 heavy (non-hydrogen) atoms. The second kappa shape index (κ2) is 11.8. The lowest BCUT2D eigenvalue weighted by molar-refractivity contribution is -0.164. The van der Waals surface area contributed by atoms with Gasteiger partial charge in [-0.25, -0.2) is 29.0 Å². The minimum atomic E-state index is -4.88. The Morgan fingerprint density at radius 1 is 1.16 bits per heavy atom. The number of hydrogen-bond acceptors (Lipinski definition) is 7. The van der Waals surface area contributed by atoms with Crippen LogP contribution in [0.4, 0.5) is 32.0 Å². The summed E-state index contributed by atoms with van der Waals surface area (Å²) in [4.78, 5) is 17.0. The number of nitrogens with zero attached hydrogens (tertiary/aromatic N) is 1. The highest BCUT2D eigenvalue weighted by atomic mass is 19.4. The number of halogens is 6. The number of nitrogens with two attached hydrogens (primary N) is 1. The molecule has 15 heteroatoms. The molecule has 202 valence electrons. The predicted molar refractivity (Wildman–Crippen MR) is 122 cm³/mol. The highest BCUT2D eigenvalue weighted by Crippen LogP contribution is 2.27. The van der Waals surface area contributed by atoms with Crippen molar-refractivity contribution in [2.75, 3.05) is 18.9 Å². The molecule has 1 aliphatic rings. The Morgan fingerprint density at radius 3 is 2.51 bits per heavy atom. The lowest BCUT2D eigenvalue weighted by atomic mass is 9.99. The molecule has 0 bridgehead atoms. The van der Waals surface area contributed by atoms with Crippen molar-refractivity contribution in [2.45, 2.75) is 30.8 Å². The number of nitrogens with one attached hydrogen (secondary N) is 5. The van der Waals surface area contributed by atoms with Crippen molar-refractivity contribution >= 4 is 17.6 Å². The summed E-state index contributed by atoms with van der Waals surface area (Å²) in [5.74, 6) is -6.66. The fourth-order valence-corrected chi connectivity index (χ4v) is 3.59. The van der Waals surface area contributed by atoms with Crippen molar-refractivity contribution in [1.82, 2.24) is 21.5 Å². The number of alkyl halides is 3. The number of phenolic OH excluding ortho intramolecular Hbond substituents is 1. The number of amides is 1. The molecule has 1 fully saturated rings. The Bertz CT molecular complexity index is 1150. The molecule has 9 nitrogen and oxygen atoms in total. The van der Waals surface area contributed by atoms with Crippen LogP contribution in [0.15, 0.2) is 41.4 Å². The minimum absolute atomic E-state index is 0.166. The average molecular weight is 533 g/mol. The molecule has 4 unspecified atom stereocenters. The summed E-state index contributed by atoms with van der Waals surface area (Å²) in [6.07, 6.45) is -5.54. The number of carbonyl (C=O) groups excluding carboxylic acids is 1. The number of aromatic hydroxyl groups is 1. The summed E-state index contributed by atoms with van der Waals surface area (Å²) in [5.41, 5.74) is 11.0. The van der Waals surface area contributed by atoms with Gasteiger partial charge in [0.2, 0.25) is 11.9 Å². The molecule has 1 amide bonds. The van der Waals surface area contributed by atoms with Crippen molar-refractivity contribution < 1.29 is 36.2 Å². The third-order valence-corrected chi connectivity index (χ3v) is 5.54. The van der Waals surface area contributed by atoms with Crippen LogP contribution in [-0.2, 0) is 4.79 Å². The fraction of sp³-hybridized carbons (Fsp3) is 0.364. The van der Waals surface area contributed by atoms with Gasteiger partial charge in [-0.1, -0.05) is 6.07 Å². The maximum absolute atomic E-state index is 14.2. The Hall–Kier alpha value is -3.40. The van der Waals surface area contributed by atoms with Gasteiger partial charge >= 0.3 is 6.18 Å². The van der Waals surface area contributed by atoms with Gasteiger partial charge in [-0.05, 0) is 36.9 Å². The average Bonchev–Trinajstić information content (AvgIpc) is 3.28. The van der Waals surface area contributed by atoms with Gasteiger partial charge in [0, 0.05) is 25.1 Å². The summed E-state index contributed by atoms with van der Waals surface area (Å²) in [7, 11) is 1.34. The van der Waals surface area contributed by atoms with Crippen molar-refractivity contribution in [3.8, 4) is 5.75 Å². The van der Waals surface area contributed by atoms with E-state index in [1.165, 1.54) is 19.2 Å². The molecule has 1 heterocycles. The minimum Gasteiger partial charge on any atom is -0.505 e. The van der Waals surface area contributed by atoms with Crippen LogP contribution in [0, 0.1) is 23.4 Å². The number of carbonyl (C=O) groups is 1. The summed E-state index contributed by atoms with van der Waals surface area (Å²) in [6, 6.07) is 3.24. The first-order valence-corrected chi connectivity index (χ1v) is 11.0. The third-order valence-electron chi connectivity index (χ3n) is 5.54. The number of phenols is 1. The second-order valence-electron chi connectivity index (χ2n) is 8.25. The molecule has 0 saturated carbocycles. The third kappa shape index (κ3) is 7.31. The largest absolute Gasteiger partial charge is 0.505 e. The van der Waals surface area contributed by atoms with Crippen molar-refractivity contribution in [1.29, 1.82) is 0 Å². The monoisotopic (exact) mass is 533 g/mol. The second-order valence-corrected chi connectivity index (χ2v) is 8.25. The quantitative estimate of drug-likeness (QED) is 0.164. The van der Waals surface area contributed by atoms with E-state index in [0.717, 1.165) is 18.2 Å². The maximum Gasteiger partial charge on any atom is 0.404 e. The van der Waals surface area contributed by atoms with E-state index in [4.69, 9.17) is 5.73 Å². The summed E-state index contributed by atoms with van der Waals surface area (Å²) in [5, 5.41) is 16.5. The summed E-state index contributed by atoms with van der Waals surface area (Å²) < 4.78 is 81.0. The highest BCUT2D eigenvalue weighted by Gasteiger charge is 2.45. The highest BCUT2D eigenvalue weighted by molar-refractivity contribution is 6.05. The molecule has 4 atom stereocenters. The number of hydrazine groups is 1. The SMILES string of the molecule is CNCC(C(=O)NC(=NC1CC(c2ccc(O)c(F)c2)NN1)Nc1ccc(F)cc1F)C(N)C(F)(F)F. The zero-order valence-electron chi connectivity index (χ0n) is 19.3. The molecular formula is C22H25F6N7O2. The van der Waals surface area contributed by atoms with Crippen LogP contribution in [-0.4, -0.2) is 48.9 Å². The van der Waals surface area contributed by atoms with Gasteiger partial charge in [-0.15, -0.1) is 0 Å². The molecule has 8 N–H and O–H groups in total. The van der Waals surface area contributed by atoms with Gasteiger partial charge in [0.25, 0.3) is 0 Å². The first-order valence-electron chi connectivity index (χ1n) is 11.0.